The molecule has 0 heterocycles. The summed E-state index contributed by atoms with van der Waals surface area (Å²) in [5.41, 5.74) is 0. The Balaban J connectivity index is 1.94. The van der Waals surface area contributed by atoms with Gasteiger partial charge in [-0.05, 0) is 50.4 Å². The lowest BCUT2D eigenvalue weighted by Gasteiger charge is -2.39. The zero-order valence-corrected chi connectivity index (χ0v) is 8.13. The van der Waals surface area contributed by atoms with Gasteiger partial charge in [-0.2, -0.15) is 0 Å². The molecule has 0 aromatic carbocycles. The largest absolute Gasteiger partial charge is 0.393 e. The molecule has 2 aliphatic rings. The van der Waals surface area contributed by atoms with Crippen molar-refractivity contribution in [1.82, 2.24) is 0 Å². The second-order valence-electron chi connectivity index (χ2n) is 4.40. The van der Waals surface area contributed by atoms with E-state index in [0.29, 0.717) is 5.38 Å². The van der Waals surface area contributed by atoms with Gasteiger partial charge in [0.25, 0.3) is 0 Å². The van der Waals surface area contributed by atoms with Gasteiger partial charge in [0.05, 0.1) is 6.10 Å². The van der Waals surface area contributed by atoms with E-state index in [0.717, 1.165) is 31.1 Å². The second kappa shape index (κ2) is 3.55. The first-order chi connectivity index (χ1) is 5.75. The predicted octanol–water partition coefficient (Wildman–Crippen LogP) is 2.55. The molecule has 2 saturated carbocycles. The monoisotopic (exact) mass is 188 g/mol. The minimum Gasteiger partial charge on any atom is -0.393 e. The summed E-state index contributed by atoms with van der Waals surface area (Å²) in [6.45, 7) is 0. The Morgan fingerprint density at radius 3 is 2.42 bits per heavy atom. The number of fused-ring (bicyclic) bond motifs is 1. The van der Waals surface area contributed by atoms with Crippen molar-refractivity contribution in [3.63, 3.8) is 0 Å². The van der Waals surface area contributed by atoms with E-state index < -0.39 is 0 Å². The van der Waals surface area contributed by atoms with Gasteiger partial charge in [0.15, 0.2) is 0 Å². The summed E-state index contributed by atoms with van der Waals surface area (Å²) in [6.07, 6.45) is 6.83. The van der Waals surface area contributed by atoms with Crippen molar-refractivity contribution in [1.29, 1.82) is 0 Å². The fourth-order valence-corrected chi connectivity index (χ4v) is 3.16. The van der Waals surface area contributed by atoms with Crippen LogP contribution in [0.5, 0.6) is 0 Å². The Kier molecular flexibility index (Phi) is 2.61. The summed E-state index contributed by atoms with van der Waals surface area (Å²) in [4.78, 5) is 0. The fraction of sp³-hybridized carbons (Fsp3) is 1.00. The van der Waals surface area contributed by atoms with Crippen molar-refractivity contribution in [2.24, 2.45) is 11.8 Å². The molecule has 1 nitrogen and oxygen atoms in total. The van der Waals surface area contributed by atoms with Crippen molar-refractivity contribution in [2.75, 3.05) is 0 Å². The van der Waals surface area contributed by atoms with Crippen LogP contribution in [0, 0.1) is 11.8 Å². The smallest absolute Gasteiger partial charge is 0.0543 e. The number of aliphatic hydroxyl groups excluding tert-OH is 1. The van der Waals surface area contributed by atoms with Gasteiger partial charge in [-0.3, -0.25) is 0 Å². The Bertz CT molecular complexity index is 142. The van der Waals surface area contributed by atoms with Gasteiger partial charge in [-0.1, -0.05) is 0 Å². The molecule has 2 unspecified atom stereocenters. The van der Waals surface area contributed by atoms with Crippen LogP contribution in [0.15, 0.2) is 0 Å². The third-order valence-electron chi connectivity index (χ3n) is 3.52. The molecule has 12 heavy (non-hydrogen) atoms. The Morgan fingerprint density at radius 2 is 1.58 bits per heavy atom. The summed E-state index contributed by atoms with van der Waals surface area (Å²) >= 11 is 6.11. The molecular weight excluding hydrogens is 172 g/mol. The van der Waals surface area contributed by atoms with Crippen LogP contribution in [0.25, 0.3) is 0 Å². The molecule has 0 radical (unpaired) electrons. The fourth-order valence-electron chi connectivity index (χ4n) is 2.81. The molecule has 0 bridgehead atoms. The average Bonchev–Trinajstić information content (AvgIpc) is 2.05. The van der Waals surface area contributed by atoms with E-state index in [1.165, 1.54) is 19.3 Å². The quantitative estimate of drug-likeness (QED) is 0.580. The average molecular weight is 189 g/mol. The van der Waals surface area contributed by atoms with E-state index in [4.69, 9.17) is 11.6 Å². The minimum absolute atomic E-state index is 0.0156. The molecule has 0 aromatic rings. The van der Waals surface area contributed by atoms with E-state index in [1.54, 1.807) is 0 Å². The minimum atomic E-state index is -0.0156. The van der Waals surface area contributed by atoms with Crippen LogP contribution in [0.3, 0.4) is 0 Å². The molecule has 2 fully saturated rings. The highest BCUT2D eigenvalue weighted by Crippen LogP contribution is 2.41. The number of rotatable bonds is 0. The molecular formula is C10H17ClO. The van der Waals surface area contributed by atoms with Crippen LogP contribution in [-0.4, -0.2) is 16.6 Å². The zero-order chi connectivity index (χ0) is 8.55. The lowest BCUT2D eigenvalue weighted by atomic mass is 9.70. The molecule has 0 aromatic heterocycles. The van der Waals surface area contributed by atoms with Crippen LogP contribution in [-0.2, 0) is 0 Å². The van der Waals surface area contributed by atoms with Gasteiger partial charge in [0.2, 0.25) is 0 Å². The standard InChI is InChI=1S/C10H17ClO/c11-9-3-1-8-6-10(12)4-2-7(8)5-9/h7-10,12H,1-6H2/t7?,8?,9-,10-/m0/s1. The molecule has 0 spiro atoms. The first-order valence-corrected chi connectivity index (χ1v) is 5.51. The SMILES string of the molecule is O[C@H]1CCC2C[C@@H](Cl)CCC2C1. The second-order valence-corrected chi connectivity index (χ2v) is 5.01. The highest BCUT2D eigenvalue weighted by atomic mass is 35.5. The maximum atomic E-state index is 9.48. The number of aliphatic hydroxyl groups is 1. The Morgan fingerprint density at radius 1 is 0.917 bits per heavy atom. The van der Waals surface area contributed by atoms with Crippen molar-refractivity contribution in [3.8, 4) is 0 Å². The first kappa shape index (κ1) is 8.83. The number of halogens is 1. The number of hydrogen-bond acceptors (Lipinski definition) is 1. The molecule has 70 valence electrons. The lowest BCUT2D eigenvalue weighted by Crippen LogP contribution is -2.33. The third-order valence-corrected chi connectivity index (χ3v) is 3.92. The normalized spacial score (nSPS) is 48.5. The lowest BCUT2D eigenvalue weighted by molar-refractivity contribution is 0.0500. The van der Waals surface area contributed by atoms with Gasteiger partial charge in [-0.25, -0.2) is 0 Å². The van der Waals surface area contributed by atoms with Gasteiger partial charge in [0.1, 0.15) is 0 Å². The molecule has 1 N–H and O–H groups in total. The van der Waals surface area contributed by atoms with Crippen LogP contribution in [0.2, 0.25) is 0 Å². The van der Waals surface area contributed by atoms with Crippen LogP contribution in [0.4, 0.5) is 0 Å². The molecule has 0 saturated heterocycles. The number of alkyl halides is 1. The van der Waals surface area contributed by atoms with Crippen molar-refractivity contribution < 1.29 is 5.11 Å². The Labute approximate surface area is 79.1 Å². The summed E-state index contributed by atoms with van der Waals surface area (Å²) in [6, 6.07) is 0. The molecule has 2 aliphatic carbocycles. The third kappa shape index (κ3) is 1.77. The van der Waals surface area contributed by atoms with E-state index in [-0.39, 0.29) is 6.10 Å². The molecule has 2 heteroatoms. The summed E-state index contributed by atoms with van der Waals surface area (Å²) < 4.78 is 0. The van der Waals surface area contributed by atoms with E-state index in [9.17, 15) is 5.11 Å². The molecule has 0 amide bonds. The van der Waals surface area contributed by atoms with Crippen molar-refractivity contribution >= 4 is 11.6 Å². The maximum absolute atomic E-state index is 9.48. The van der Waals surface area contributed by atoms with Crippen molar-refractivity contribution in [3.05, 3.63) is 0 Å². The zero-order valence-electron chi connectivity index (χ0n) is 7.38. The van der Waals surface area contributed by atoms with Gasteiger partial charge in [0, 0.05) is 5.38 Å². The topological polar surface area (TPSA) is 20.2 Å². The van der Waals surface area contributed by atoms with Crippen LogP contribution < -0.4 is 0 Å². The Hall–Kier alpha value is 0.250. The van der Waals surface area contributed by atoms with Gasteiger partial charge >= 0.3 is 0 Å². The van der Waals surface area contributed by atoms with Crippen LogP contribution >= 0.6 is 11.6 Å². The van der Waals surface area contributed by atoms with Gasteiger partial charge < -0.3 is 5.11 Å². The van der Waals surface area contributed by atoms with Gasteiger partial charge in [-0.15, -0.1) is 11.6 Å². The summed E-state index contributed by atoms with van der Waals surface area (Å²) in [5, 5.41) is 9.90. The number of hydrogen-bond donors (Lipinski definition) is 1. The highest BCUT2D eigenvalue weighted by molar-refractivity contribution is 6.20. The van der Waals surface area contributed by atoms with Crippen LogP contribution in [0.1, 0.15) is 38.5 Å². The summed E-state index contributed by atoms with van der Waals surface area (Å²) in [7, 11) is 0. The van der Waals surface area contributed by atoms with E-state index in [2.05, 4.69) is 0 Å². The molecule has 0 aliphatic heterocycles. The first-order valence-electron chi connectivity index (χ1n) is 5.08. The summed E-state index contributed by atoms with van der Waals surface area (Å²) in [5.74, 6) is 1.60. The highest BCUT2D eigenvalue weighted by Gasteiger charge is 2.34. The van der Waals surface area contributed by atoms with E-state index >= 15 is 0 Å². The van der Waals surface area contributed by atoms with E-state index in [1.807, 2.05) is 0 Å². The predicted molar refractivity (Wildman–Crippen MR) is 50.3 cm³/mol. The van der Waals surface area contributed by atoms with Crippen molar-refractivity contribution in [2.45, 2.75) is 50.0 Å². The maximum Gasteiger partial charge on any atom is 0.0543 e. The molecule has 2 rings (SSSR count). The molecule has 4 atom stereocenters.